The van der Waals surface area contributed by atoms with Gasteiger partial charge in [0.05, 0.1) is 0 Å². The highest BCUT2D eigenvalue weighted by Gasteiger charge is 2.17. The van der Waals surface area contributed by atoms with Gasteiger partial charge in [0.1, 0.15) is 0 Å². The van der Waals surface area contributed by atoms with Gasteiger partial charge >= 0.3 is 6.03 Å². The maximum atomic E-state index is 11.6. The molecule has 6 nitrogen and oxygen atoms in total. The molecule has 0 saturated heterocycles. The fourth-order valence-electron chi connectivity index (χ4n) is 2.97. The van der Waals surface area contributed by atoms with Crippen LogP contribution in [0.1, 0.15) is 57.8 Å². The average Bonchev–Trinajstić information content (AvgIpc) is 2.51. The van der Waals surface area contributed by atoms with Gasteiger partial charge in [0.25, 0.3) is 0 Å². The van der Waals surface area contributed by atoms with E-state index >= 15 is 0 Å². The quantitative estimate of drug-likeness (QED) is 0.535. The Hall–Kier alpha value is -1.30. The van der Waals surface area contributed by atoms with E-state index in [0.29, 0.717) is 13.0 Å². The zero-order chi connectivity index (χ0) is 16.2. The maximum absolute atomic E-state index is 11.6. The van der Waals surface area contributed by atoms with E-state index in [2.05, 4.69) is 22.6 Å². The summed E-state index contributed by atoms with van der Waals surface area (Å²) in [5, 5.41) is 5.48. The summed E-state index contributed by atoms with van der Waals surface area (Å²) >= 11 is 0. The summed E-state index contributed by atoms with van der Waals surface area (Å²) in [4.78, 5) is 24.6. The Bertz CT molecular complexity index is 330. The minimum Gasteiger partial charge on any atom is -0.356 e. The fourth-order valence-corrected chi connectivity index (χ4v) is 2.97. The van der Waals surface area contributed by atoms with E-state index in [0.717, 1.165) is 38.4 Å². The lowest BCUT2D eigenvalue weighted by Gasteiger charge is -2.31. The molecule has 0 radical (unpaired) electrons. The molecule has 3 amide bonds. The van der Waals surface area contributed by atoms with Crippen LogP contribution in [-0.4, -0.2) is 49.6 Å². The number of primary amides is 1. The molecule has 0 atom stereocenters. The summed E-state index contributed by atoms with van der Waals surface area (Å²) in [5.41, 5.74) is 4.96. The van der Waals surface area contributed by atoms with Crippen LogP contribution in [0.2, 0.25) is 0 Å². The van der Waals surface area contributed by atoms with E-state index in [1.54, 1.807) is 0 Å². The predicted molar refractivity (Wildman–Crippen MR) is 88.6 cm³/mol. The molecule has 0 aromatic carbocycles. The zero-order valence-electron chi connectivity index (χ0n) is 13.9. The summed E-state index contributed by atoms with van der Waals surface area (Å²) in [6, 6.07) is 0.230. The fraction of sp³-hybridized carbons (Fsp3) is 0.875. The lowest BCUT2D eigenvalue weighted by atomic mass is 9.94. The molecule has 0 unspecified atom stereocenters. The molecule has 0 aliphatic heterocycles. The second-order valence-corrected chi connectivity index (χ2v) is 6.22. The predicted octanol–water partition coefficient (Wildman–Crippen LogP) is 1.60. The van der Waals surface area contributed by atoms with Crippen molar-refractivity contribution in [1.29, 1.82) is 0 Å². The highest BCUT2D eigenvalue weighted by Crippen LogP contribution is 2.21. The third-order valence-electron chi connectivity index (χ3n) is 4.34. The highest BCUT2D eigenvalue weighted by atomic mass is 16.2. The molecule has 0 aromatic heterocycles. The van der Waals surface area contributed by atoms with Crippen molar-refractivity contribution < 1.29 is 9.59 Å². The first-order chi connectivity index (χ1) is 10.6. The van der Waals surface area contributed by atoms with Crippen molar-refractivity contribution in [3.8, 4) is 0 Å². The smallest absolute Gasteiger partial charge is 0.312 e. The maximum Gasteiger partial charge on any atom is 0.312 e. The zero-order valence-corrected chi connectivity index (χ0v) is 13.9. The van der Waals surface area contributed by atoms with Crippen LogP contribution in [0.5, 0.6) is 0 Å². The molecular weight excluding hydrogens is 280 g/mol. The van der Waals surface area contributed by atoms with Crippen molar-refractivity contribution in [2.45, 2.75) is 63.8 Å². The van der Waals surface area contributed by atoms with Gasteiger partial charge < -0.3 is 21.3 Å². The monoisotopic (exact) mass is 312 g/mol. The molecule has 0 heterocycles. The first kappa shape index (κ1) is 18.7. The summed E-state index contributed by atoms with van der Waals surface area (Å²) in [6.45, 7) is 2.33. The number of rotatable bonds is 10. The van der Waals surface area contributed by atoms with Crippen molar-refractivity contribution in [1.82, 2.24) is 15.5 Å². The topological polar surface area (TPSA) is 87.5 Å². The second kappa shape index (κ2) is 11.3. The largest absolute Gasteiger partial charge is 0.356 e. The summed E-state index contributed by atoms with van der Waals surface area (Å²) in [6.07, 6.45) is 9.81. The minimum absolute atomic E-state index is 0.0967. The first-order valence-corrected chi connectivity index (χ1v) is 8.60. The van der Waals surface area contributed by atoms with Gasteiger partial charge in [-0.15, -0.1) is 0 Å². The first-order valence-electron chi connectivity index (χ1n) is 8.60. The standard InChI is InChI=1S/C16H32N4O2/c1-20(14-8-3-2-4-9-14)13-7-12-18-15(21)10-5-6-11-19-16(17)22/h14H,2-13H2,1H3,(H,18,21)(H3,17,19,22). The number of nitrogens with zero attached hydrogens (tertiary/aromatic N) is 1. The van der Waals surface area contributed by atoms with Gasteiger partial charge in [-0.3, -0.25) is 4.79 Å². The molecule has 1 rings (SSSR count). The van der Waals surface area contributed by atoms with Gasteiger partial charge in [-0.05, 0) is 45.7 Å². The molecule has 1 aliphatic rings. The number of urea groups is 1. The third kappa shape index (κ3) is 8.87. The molecule has 1 fully saturated rings. The van der Waals surface area contributed by atoms with Crippen LogP contribution in [0.3, 0.4) is 0 Å². The third-order valence-corrected chi connectivity index (χ3v) is 4.34. The van der Waals surface area contributed by atoms with E-state index < -0.39 is 6.03 Å². The van der Waals surface area contributed by atoms with Gasteiger partial charge in [-0.25, -0.2) is 4.79 Å². The van der Waals surface area contributed by atoms with Gasteiger partial charge in [-0.2, -0.15) is 0 Å². The number of amides is 3. The van der Waals surface area contributed by atoms with E-state index in [9.17, 15) is 9.59 Å². The Morgan fingerprint density at radius 3 is 2.41 bits per heavy atom. The van der Waals surface area contributed by atoms with Gasteiger partial charge in [0.15, 0.2) is 0 Å². The van der Waals surface area contributed by atoms with Crippen molar-refractivity contribution >= 4 is 11.9 Å². The van der Waals surface area contributed by atoms with Crippen LogP contribution >= 0.6 is 0 Å². The summed E-state index contributed by atoms with van der Waals surface area (Å²) in [5.74, 6) is 0.0967. The number of hydrogen-bond donors (Lipinski definition) is 3. The van der Waals surface area contributed by atoms with E-state index in [1.807, 2.05) is 0 Å². The number of carbonyl (C=O) groups is 2. The molecule has 1 saturated carbocycles. The van der Waals surface area contributed by atoms with Crippen molar-refractivity contribution in [2.75, 3.05) is 26.7 Å². The Balaban J connectivity index is 1.94. The van der Waals surface area contributed by atoms with Gasteiger partial charge in [0, 0.05) is 25.6 Å². The molecule has 0 spiro atoms. The summed E-state index contributed by atoms with van der Waals surface area (Å²) in [7, 11) is 2.20. The van der Waals surface area contributed by atoms with Crippen molar-refractivity contribution in [2.24, 2.45) is 5.73 Å². The number of nitrogens with two attached hydrogens (primary N) is 1. The number of hydrogen-bond acceptors (Lipinski definition) is 3. The molecule has 6 heteroatoms. The number of unbranched alkanes of at least 4 members (excludes halogenated alkanes) is 1. The highest BCUT2D eigenvalue weighted by molar-refractivity contribution is 5.75. The van der Waals surface area contributed by atoms with Crippen molar-refractivity contribution in [3.05, 3.63) is 0 Å². The number of carbonyl (C=O) groups excluding carboxylic acids is 2. The Morgan fingerprint density at radius 2 is 1.73 bits per heavy atom. The van der Waals surface area contributed by atoms with Crippen LogP contribution < -0.4 is 16.4 Å². The molecular formula is C16H32N4O2. The van der Waals surface area contributed by atoms with Crippen LogP contribution in [0.4, 0.5) is 4.79 Å². The lowest BCUT2D eigenvalue weighted by molar-refractivity contribution is -0.121. The normalized spacial score (nSPS) is 15.7. The number of nitrogens with one attached hydrogen (secondary N) is 2. The molecule has 0 bridgehead atoms. The SMILES string of the molecule is CN(CCCNC(=O)CCCCNC(N)=O)C1CCCCC1. The molecule has 22 heavy (non-hydrogen) atoms. The lowest BCUT2D eigenvalue weighted by Crippen LogP contribution is -2.35. The van der Waals surface area contributed by atoms with Crippen LogP contribution in [0.15, 0.2) is 0 Å². The van der Waals surface area contributed by atoms with Crippen LogP contribution in [0.25, 0.3) is 0 Å². The van der Waals surface area contributed by atoms with Gasteiger partial charge in [0.2, 0.25) is 5.91 Å². The molecule has 128 valence electrons. The average molecular weight is 312 g/mol. The summed E-state index contributed by atoms with van der Waals surface area (Å²) < 4.78 is 0. The molecule has 4 N–H and O–H groups in total. The molecule has 0 aromatic rings. The van der Waals surface area contributed by atoms with E-state index in [4.69, 9.17) is 5.73 Å². The van der Waals surface area contributed by atoms with E-state index in [1.165, 1.54) is 32.1 Å². The minimum atomic E-state index is -0.508. The van der Waals surface area contributed by atoms with Crippen molar-refractivity contribution in [3.63, 3.8) is 0 Å². The molecule has 1 aliphatic carbocycles. The van der Waals surface area contributed by atoms with Crippen LogP contribution in [0, 0.1) is 0 Å². The Kier molecular flexibility index (Phi) is 9.62. The Morgan fingerprint density at radius 1 is 1.05 bits per heavy atom. The van der Waals surface area contributed by atoms with Crippen LogP contribution in [-0.2, 0) is 4.79 Å². The van der Waals surface area contributed by atoms with Gasteiger partial charge in [-0.1, -0.05) is 19.3 Å². The van der Waals surface area contributed by atoms with E-state index in [-0.39, 0.29) is 5.91 Å². The Labute approximate surface area is 134 Å². The second-order valence-electron chi connectivity index (χ2n) is 6.22.